The van der Waals surface area contributed by atoms with Crippen molar-refractivity contribution < 1.29 is 9.53 Å². The molecule has 6 nitrogen and oxygen atoms in total. The number of aliphatic imine (C=N–C) groups is 1. The number of nitrogens with zero attached hydrogens (tertiary/aromatic N) is 2. The lowest BCUT2D eigenvalue weighted by Crippen LogP contribution is -2.38. The first-order chi connectivity index (χ1) is 13.0. The third-order valence-electron chi connectivity index (χ3n) is 3.95. The minimum atomic E-state index is -0.134. The Morgan fingerprint density at radius 2 is 1.89 bits per heavy atom. The highest BCUT2D eigenvalue weighted by Gasteiger charge is 2.08. The van der Waals surface area contributed by atoms with Crippen LogP contribution in [-0.2, 0) is 17.9 Å². The molecule has 0 heterocycles. The van der Waals surface area contributed by atoms with E-state index in [4.69, 9.17) is 9.73 Å². The molecule has 0 bridgehead atoms. The Balaban J connectivity index is 2.14. The largest absolute Gasteiger partial charge is 0.495 e. The molecule has 0 saturated carbocycles. The number of ether oxygens (including phenoxy) is 1. The van der Waals surface area contributed by atoms with Crippen LogP contribution in [0.3, 0.4) is 0 Å². The summed E-state index contributed by atoms with van der Waals surface area (Å²) >= 11 is 0. The van der Waals surface area contributed by atoms with Gasteiger partial charge in [0, 0.05) is 27.1 Å². The molecule has 2 N–H and O–H groups in total. The summed E-state index contributed by atoms with van der Waals surface area (Å²) in [4.78, 5) is 18.2. The van der Waals surface area contributed by atoms with E-state index in [0.29, 0.717) is 18.0 Å². The number of nitrogens with one attached hydrogen (secondary N) is 2. The average Bonchev–Trinajstić information content (AvgIpc) is 2.65. The van der Waals surface area contributed by atoms with E-state index in [9.17, 15) is 4.79 Å². The molecule has 0 unspecified atom stereocenters. The molecule has 0 spiro atoms. The topological polar surface area (TPSA) is 66.0 Å². The van der Waals surface area contributed by atoms with Gasteiger partial charge in [-0.1, -0.05) is 36.4 Å². The van der Waals surface area contributed by atoms with Gasteiger partial charge < -0.3 is 20.3 Å². The maximum Gasteiger partial charge on any atom is 0.221 e. The lowest BCUT2D eigenvalue weighted by molar-refractivity contribution is -0.114. The molecule has 2 aromatic rings. The zero-order valence-electron chi connectivity index (χ0n) is 16.5. The van der Waals surface area contributed by atoms with Crippen molar-refractivity contribution in [2.24, 2.45) is 4.99 Å². The van der Waals surface area contributed by atoms with Crippen LogP contribution in [0.2, 0.25) is 0 Å². The number of guanidine groups is 1. The summed E-state index contributed by atoms with van der Waals surface area (Å²) in [5, 5.41) is 6.12. The van der Waals surface area contributed by atoms with E-state index < -0.39 is 0 Å². The first kappa shape index (κ1) is 20.3. The number of benzene rings is 2. The van der Waals surface area contributed by atoms with Gasteiger partial charge in [0.1, 0.15) is 5.75 Å². The maximum absolute atomic E-state index is 11.4. The van der Waals surface area contributed by atoms with E-state index in [1.54, 1.807) is 7.11 Å². The van der Waals surface area contributed by atoms with Crippen LogP contribution in [0.15, 0.2) is 53.5 Å². The lowest BCUT2D eigenvalue weighted by Gasteiger charge is -2.22. The Hall–Kier alpha value is -3.02. The molecule has 1 amide bonds. The first-order valence-corrected chi connectivity index (χ1v) is 9.01. The summed E-state index contributed by atoms with van der Waals surface area (Å²) in [5.74, 6) is 1.33. The fourth-order valence-electron chi connectivity index (χ4n) is 2.71. The molecule has 0 aromatic heterocycles. The van der Waals surface area contributed by atoms with Crippen molar-refractivity contribution in [3.05, 3.63) is 59.7 Å². The number of carbonyl (C=O) groups is 1. The number of hydrogen-bond donors (Lipinski definition) is 2. The van der Waals surface area contributed by atoms with Crippen molar-refractivity contribution in [1.82, 2.24) is 10.2 Å². The van der Waals surface area contributed by atoms with E-state index in [1.807, 2.05) is 50.4 Å². The Morgan fingerprint density at radius 3 is 2.52 bits per heavy atom. The molecular formula is C21H28N4O2. The zero-order valence-corrected chi connectivity index (χ0v) is 16.5. The van der Waals surface area contributed by atoms with Gasteiger partial charge in [-0.15, -0.1) is 0 Å². The van der Waals surface area contributed by atoms with Crippen molar-refractivity contribution in [1.29, 1.82) is 0 Å². The Labute approximate surface area is 161 Å². The molecule has 2 aromatic carbocycles. The van der Waals surface area contributed by atoms with Crippen molar-refractivity contribution in [2.75, 3.05) is 26.0 Å². The molecule has 0 aliphatic carbocycles. The van der Waals surface area contributed by atoms with Crippen molar-refractivity contribution in [2.45, 2.75) is 26.9 Å². The van der Waals surface area contributed by atoms with Crippen LogP contribution in [0.25, 0.3) is 0 Å². The van der Waals surface area contributed by atoms with E-state index in [1.165, 1.54) is 12.5 Å². The van der Waals surface area contributed by atoms with Crippen LogP contribution in [0.1, 0.15) is 25.0 Å². The molecule has 0 aliphatic heterocycles. The molecule has 2 rings (SSSR count). The van der Waals surface area contributed by atoms with Gasteiger partial charge in [0.25, 0.3) is 0 Å². The van der Waals surface area contributed by atoms with E-state index >= 15 is 0 Å². The summed E-state index contributed by atoms with van der Waals surface area (Å²) in [6.45, 7) is 5.59. The van der Waals surface area contributed by atoms with Crippen LogP contribution in [0, 0.1) is 0 Å². The fourth-order valence-corrected chi connectivity index (χ4v) is 2.71. The highest BCUT2D eigenvalue weighted by Crippen LogP contribution is 2.25. The molecule has 0 saturated heterocycles. The normalized spacial score (nSPS) is 11.0. The second-order valence-corrected chi connectivity index (χ2v) is 6.23. The van der Waals surface area contributed by atoms with Crippen LogP contribution in [0.5, 0.6) is 5.75 Å². The molecule has 6 heteroatoms. The quantitative estimate of drug-likeness (QED) is 0.582. The van der Waals surface area contributed by atoms with Crippen molar-refractivity contribution in [3.8, 4) is 5.75 Å². The number of carbonyl (C=O) groups excluding carboxylic acids is 1. The molecule has 0 atom stereocenters. The SMILES string of the molecule is CCNC(=NCc1ccc(OC)c(NC(C)=O)c1)N(C)Cc1ccccc1. The Bertz CT molecular complexity index is 775. The van der Waals surface area contributed by atoms with Gasteiger partial charge in [0.2, 0.25) is 5.91 Å². The number of anilines is 1. The second kappa shape index (κ2) is 10.2. The average molecular weight is 368 g/mol. The number of methoxy groups -OCH3 is 1. The third kappa shape index (κ3) is 6.33. The fraction of sp³-hybridized carbons (Fsp3) is 0.333. The zero-order chi connectivity index (χ0) is 19.6. The van der Waals surface area contributed by atoms with Gasteiger partial charge in [-0.2, -0.15) is 0 Å². The van der Waals surface area contributed by atoms with E-state index in [2.05, 4.69) is 27.7 Å². The van der Waals surface area contributed by atoms with Gasteiger partial charge in [-0.25, -0.2) is 4.99 Å². The summed E-state index contributed by atoms with van der Waals surface area (Å²) in [6.07, 6.45) is 0. The Kier molecular flexibility index (Phi) is 7.67. The summed E-state index contributed by atoms with van der Waals surface area (Å²) in [6, 6.07) is 16.0. The monoisotopic (exact) mass is 368 g/mol. The molecule has 0 fully saturated rings. The molecule has 0 aliphatic rings. The van der Waals surface area contributed by atoms with Crippen molar-refractivity contribution >= 4 is 17.6 Å². The summed E-state index contributed by atoms with van der Waals surface area (Å²) < 4.78 is 5.30. The smallest absolute Gasteiger partial charge is 0.221 e. The highest BCUT2D eigenvalue weighted by molar-refractivity contribution is 5.90. The maximum atomic E-state index is 11.4. The van der Waals surface area contributed by atoms with E-state index in [0.717, 1.165) is 24.6 Å². The third-order valence-corrected chi connectivity index (χ3v) is 3.95. The predicted octanol–water partition coefficient (Wildman–Crippen LogP) is 3.25. The Morgan fingerprint density at radius 1 is 1.15 bits per heavy atom. The molecule has 144 valence electrons. The van der Waals surface area contributed by atoms with Gasteiger partial charge in [-0.05, 0) is 30.2 Å². The van der Waals surface area contributed by atoms with E-state index in [-0.39, 0.29) is 5.91 Å². The first-order valence-electron chi connectivity index (χ1n) is 9.01. The lowest BCUT2D eigenvalue weighted by atomic mass is 10.2. The second-order valence-electron chi connectivity index (χ2n) is 6.23. The van der Waals surface area contributed by atoms with Gasteiger partial charge in [0.05, 0.1) is 19.3 Å². The van der Waals surface area contributed by atoms with Crippen molar-refractivity contribution in [3.63, 3.8) is 0 Å². The van der Waals surface area contributed by atoms with Gasteiger partial charge in [-0.3, -0.25) is 4.79 Å². The summed E-state index contributed by atoms with van der Waals surface area (Å²) in [7, 11) is 3.60. The molecule has 27 heavy (non-hydrogen) atoms. The van der Waals surface area contributed by atoms with Gasteiger partial charge in [0.15, 0.2) is 5.96 Å². The number of amides is 1. The van der Waals surface area contributed by atoms with Crippen LogP contribution >= 0.6 is 0 Å². The molecule has 0 radical (unpaired) electrons. The minimum absolute atomic E-state index is 0.134. The number of hydrogen-bond acceptors (Lipinski definition) is 3. The highest BCUT2D eigenvalue weighted by atomic mass is 16.5. The van der Waals surface area contributed by atoms with Gasteiger partial charge >= 0.3 is 0 Å². The summed E-state index contributed by atoms with van der Waals surface area (Å²) in [5.41, 5.74) is 2.87. The predicted molar refractivity (Wildman–Crippen MR) is 110 cm³/mol. The molecular weight excluding hydrogens is 340 g/mol. The number of rotatable bonds is 7. The minimum Gasteiger partial charge on any atom is -0.495 e. The van der Waals surface area contributed by atoms with Crippen LogP contribution in [0.4, 0.5) is 5.69 Å². The standard InChI is InChI=1S/C21H28N4O2/c1-5-22-21(25(3)15-17-9-7-6-8-10-17)23-14-18-11-12-20(27-4)19(13-18)24-16(2)26/h6-13H,5,14-15H2,1-4H3,(H,22,23)(H,24,26). The van der Waals surface area contributed by atoms with Crippen LogP contribution < -0.4 is 15.4 Å². The van der Waals surface area contributed by atoms with Crippen LogP contribution in [-0.4, -0.2) is 37.5 Å².